The summed E-state index contributed by atoms with van der Waals surface area (Å²) in [6.45, 7) is 5.36. The second-order valence-electron chi connectivity index (χ2n) is 13.7. The lowest BCUT2D eigenvalue weighted by molar-refractivity contribution is -0.133. The molecule has 1 aromatic heterocycles. The van der Waals surface area contributed by atoms with Gasteiger partial charge in [0.1, 0.15) is 29.6 Å². The lowest BCUT2D eigenvalue weighted by atomic mass is 9.99. The average molecular weight is 755 g/mol. The van der Waals surface area contributed by atoms with Crippen molar-refractivity contribution < 1.29 is 28.7 Å². The van der Waals surface area contributed by atoms with Gasteiger partial charge in [0, 0.05) is 26.3 Å². The van der Waals surface area contributed by atoms with Gasteiger partial charge in [0.05, 0.1) is 16.3 Å². The number of ether oxygens (including phenoxy) is 1. The molecule has 0 radical (unpaired) electrons. The van der Waals surface area contributed by atoms with E-state index < -0.39 is 47.8 Å². The summed E-state index contributed by atoms with van der Waals surface area (Å²) in [5.74, 6) is -1.61. The zero-order valence-corrected chi connectivity index (χ0v) is 31.3. The van der Waals surface area contributed by atoms with Crippen LogP contribution in [0.3, 0.4) is 0 Å². The van der Waals surface area contributed by atoms with Crippen LogP contribution in [0.15, 0.2) is 77.8 Å². The zero-order valence-electron chi connectivity index (χ0n) is 30.5. The number of nitrogens with one attached hydrogen (secondary N) is 4. The van der Waals surface area contributed by atoms with Gasteiger partial charge in [-0.05, 0) is 72.7 Å². The maximum Gasteiger partial charge on any atom is 0.243 e. The Kier molecular flexibility index (Phi) is 13.3. The standard InChI is InChI=1S/C39H46N8O6S/c1-22(2)18-30-35(50)46-32(37(52)44-29(11-7-17-42-39(40)41)34(49)38-47-28-10-4-5-12-33(28)54-38)20-24-13-15-26(16-14-24)53-27-9-6-8-25(19-27)21-31(36(51)45-30)43-23(3)48/h4-6,8-10,12-16,19,22,29-32H,7,11,17-18,20-21H2,1-3H3,(H,43,48)(H,44,52)(H,45,51)(H,46,50)(H4,40,41,42)/t29-,30+,31+,32+/m1/s1. The normalized spacial score (nSPS) is 18.1. The van der Waals surface area contributed by atoms with Crippen molar-refractivity contribution >= 4 is 56.9 Å². The highest BCUT2D eigenvalue weighted by atomic mass is 32.1. The largest absolute Gasteiger partial charge is 0.457 e. The summed E-state index contributed by atoms with van der Waals surface area (Å²) in [7, 11) is 0. The molecular weight excluding hydrogens is 709 g/mol. The van der Waals surface area contributed by atoms with Gasteiger partial charge in [-0.15, -0.1) is 11.3 Å². The Balaban J connectivity index is 1.47. The third-order valence-corrected chi connectivity index (χ3v) is 9.74. The van der Waals surface area contributed by atoms with Gasteiger partial charge in [0.25, 0.3) is 0 Å². The first-order chi connectivity index (χ1) is 25.8. The number of Topliss-reactive ketones (excluding diaryl/α,β-unsaturated/α-hetero) is 1. The number of fused-ring (bicyclic) bond motifs is 11. The summed E-state index contributed by atoms with van der Waals surface area (Å²) < 4.78 is 6.92. The van der Waals surface area contributed by atoms with Crippen LogP contribution in [-0.4, -0.2) is 71.1 Å². The molecule has 0 unspecified atom stereocenters. The van der Waals surface area contributed by atoms with E-state index in [0.717, 1.165) is 10.3 Å². The Labute approximate surface area is 317 Å². The molecule has 4 atom stereocenters. The highest BCUT2D eigenvalue weighted by Crippen LogP contribution is 2.25. The van der Waals surface area contributed by atoms with Crippen LogP contribution in [0, 0.1) is 5.92 Å². The number of para-hydroxylation sites is 1. The van der Waals surface area contributed by atoms with Crippen LogP contribution in [0.5, 0.6) is 11.5 Å². The number of thiazole rings is 1. The fraction of sp³-hybridized carbons (Fsp3) is 0.359. The Morgan fingerprint density at radius 3 is 2.41 bits per heavy atom. The number of hydrogen-bond acceptors (Lipinski definition) is 9. The van der Waals surface area contributed by atoms with Crippen molar-refractivity contribution in [2.24, 2.45) is 22.4 Å². The van der Waals surface area contributed by atoms with Crippen LogP contribution in [-0.2, 0) is 32.0 Å². The number of ketones is 1. The van der Waals surface area contributed by atoms with Crippen molar-refractivity contribution in [3.63, 3.8) is 0 Å². The van der Waals surface area contributed by atoms with Gasteiger partial charge in [0.2, 0.25) is 29.4 Å². The van der Waals surface area contributed by atoms with Gasteiger partial charge in [-0.2, -0.15) is 0 Å². The van der Waals surface area contributed by atoms with E-state index in [4.69, 9.17) is 16.2 Å². The van der Waals surface area contributed by atoms with Gasteiger partial charge in [-0.25, -0.2) is 4.98 Å². The Morgan fingerprint density at radius 2 is 1.70 bits per heavy atom. The molecule has 14 nitrogen and oxygen atoms in total. The number of rotatable bonds is 11. The fourth-order valence-corrected chi connectivity index (χ4v) is 7.08. The van der Waals surface area contributed by atoms with Gasteiger partial charge in [-0.1, -0.05) is 50.2 Å². The van der Waals surface area contributed by atoms with E-state index in [0.29, 0.717) is 29.0 Å². The summed E-state index contributed by atoms with van der Waals surface area (Å²) in [5.41, 5.74) is 13.1. The number of nitrogens with zero attached hydrogens (tertiary/aromatic N) is 2. The van der Waals surface area contributed by atoms with Crippen LogP contribution in [0.25, 0.3) is 10.2 Å². The third kappa shape index (κ3) is 11.1. The third-order valence-electron chi connectivity index (χ3n) is 8.69. The number of guanidine groups is 1. The highest BCUT2D eigenvalue weighted by molar-refractivity contribution is 7.20. The van der Waals surface area contributed by atoms with Crippen LogP contribution >= 0.6 is 11.3 Å². The van der Waals surface area contributed by atoms with Gasteiger partial charge in [0.15, 0.2) is 11.0 Å². The van der Waals surface area contributed by atoms with Crippen LogP contribution in [0.4, 0.5) is 0 Å². The number of amides is 4. The average Bonchev–Trinajstić information content (AvgIpc) is 3.56. The molecule has 54 heavy (non-hydrogen) atoms. The number of hydrogen-bond donors (Lipinski definition) is 6. The Hall–Kier alpha value is -5.83. The van der Waals surface area contributed by atoms with Gasteiger partial charge < -0.3 is 37.5 Å². The highest BCUT2D eigenvalue weighted by Gasteiger charge is 2.33. The number of benzene rings is 3. The van der Waals surface area contributed by atoms with E-state index >= 15 is 0 Å². The molecule has 0 fully saturated rings. The second kappa shape index (κ2) is 18.3. The van der Waals surface area contributed by atoms with Gasteiger partial charge in [-0.3, -0.25) is 29.0 Å². The summed E-state index contributed by atoms with van der Waals surface area (Å²) in [5, 5.41) is 11.5. The molecular formula is C39H46N8O6S. The summed E-state index contributed by atoms with van der Waals surface area (Å²) in [6.07, 6.45) is 1.01. The molecule has 0 aliphatic carbocycles. The number of carbonyl (C=O) groups is 5. The number of nitrogens with two attached hydrogens (primary N) is 2. The quantitative estimate of drug-likeness (QED) is 0.0573. The molecule has 2 aliphatic heterocycles. The van der Waals surface area contributed by atoms with Crippen molar-refractivity contribution in [1.82, 2.24) is 26.3 Å². The molecule has 0 saturated heterocycles. The number of aromatic nitrogens is 1. The van der Waals surface area contributed by atoms with Gasteiger partial charge >= 0.3 is 0 Å². The zero-order chi connectivity index (χ0) is 38.8. The molecule has 284 valence electrons. The monoisotopic (exact) mass is 754 g/mol. The van der Waals surface area contributed by atoms with Crippen molar-refractivity contribution in [3.8, 4) is 11.5 Å². The SMILES string of the molecule is CC(=O)N[C@H]1Cc2cccc(c2)Oc2ccc(cc2)C[C@@H](C(=O)N[C@H](CCCN=C(N)N)C(=O)c2nc3ccccc3s2)NC(=O)[C@H](CC(C)C)NC1=O. The lowest BCUT2D eigenvalue weighted by Gasteiger charge is -2.27. The topological polar surface area (TPSA) is 220 Å². The predicted octanol–water partition coefficient (Wildman–Crippen LogP) is 3.13. The number of carbonyl (C=O) groups excluding carboxylic acids is 5. The molecule has 2 aliphatic rings. The van der Waals surface area contributed by atoms with Crippen LogP contribution in [0.1, 0.15) is 61.0 Å². The smallest absolute Gasteiger partial charge is 0.243 e. The van der Waals surface area contributed by atoms with E-state index in [1.165, 1.54) is 18.3 Å². The van der Waals surface area contributed by atoms with E-state index in [9.17, 15) is 24.0 Å². The van der Waals surface area contributed by atoms with Crippen molar-refractivity contribution in [2.75, 3.05) is 6.54 Å². The summed E-state index contributed by atoms with van der Waals surface area (Å²) >= 11 is 1.23. The Bertz CT molecular complexity index is 1980. The van der Waals surface area contributed by atoms with E-state index in [-0.39, 0.29) is 54.9 Å². The molecule has 0 spiro atoms. The van der Waals surface area contributed by atoms with Crippen molar-refractivity contribution in [3.05, 3.63) is 88.9 Å². The molecule has 4 aromatic rings. The summed E-state index contributed by atoms with van der Waals surface area (Å²) in [4.78, 5) is 76.7. The maximum absolute atomic E-state index is 14.2. The minimum Gasteiger partial charge on any atom is -0.457 e. The first-order valence-corrected chi connectivity index (χ1v) is 18.7. The van der Waals surface area contributed by atoms with E-state index in [1.807, 2.05) is 44.2 Å². The van der Waals surface area contributed by atoms with E-state index in [1.54, 1.807) is 42.5 Å². The molecule has 4 bridgehead atoms. The molecule has 8 N–H and O–H groups in total. The minimum atomic E-state index is -1.16. The van der Waals surface area contributed by atoms with Crippen molar-refractivity contribution in [2.45, 2.75) is 77.0 Å². The fourth-order valence-electron chi connectivity index (χ4n) is 6.12. The van der Waals surface area contributed by atoms with Crippen LogP contribution in [0.2, 0.25) is 0 Å². The first-order valence-electron chi connectivity index (χ1n) is 17.8. The maximum atomic E-state index is 14.2. The molecule has 3 heterocycles. The predicted molar refractivity (Wildman–Crippen MR) is 207 cm³/mol. The lowest BCUT2D eigenvalue weighted by Crippen LogP contribution is -2.58. The van der Waals surface area contributed by atoms with Crippen molar-refractivity contribution in [1.29, 1.82) is 0 Å². The Morgan fingerprint density at radius 1 is 0.944 bits per heavy atom. The molecule has 4 amide bonds. The molecule has 0 saturated carbocycles. The summed E-state index contributed by atoms with van der Waals surface area (Å²) in [6, 6.07) is 17.4. The van der Waals surface area contributed by atoms with Crippen LogP contribution < -0.4 is 37.5 Å². The minimum absolute atomic E-state index is 0.0240. The molecule has 3 aromatic carbocycles. The molecule has 15 heteroatoms. The first kappa shape index (κ1) is 39.4. The second-order valence-corrected chi connectivity index (χ2v) is 14.7. The number of aliphatic imine (C=N–C) groups is 1. The van der Waals surface area contributed by atoms with E-state index in [2.05, 4.69) is 31.2 Å². The molecule has 6 rings (SSSR count).